The zero-order valence-corrected chi connectivity index (χ0v) is 16.0. The van der Waals surface area contributed by atoms with Gasteiger partial charge in [0.05, 0.1) is 6.04 Å². The molecule has 3 rings (SSSR count). The van der Waals surface area contributed by atoms with Crippen LogP contribution >= 0.6 is 0 Å². The number of ether oxygens (including phenoxy) is 1. The Morgan fingerprint density at radius 3 is 2.31 bits per heavy atom. The molecule has 0 aromatic heterocycles. The van der Waals surface area contributed by atoms with Gasteiger partial charge in [0.2, 0.25) is 0 Å². The highest BCUT2D eigenvalue weighted by molar-refractivity contribution is 5.78. The number of carbonyl (C=O) groups is 1. The molecule has 1 aliphatic rings. The smallest absolute Gasteiger partial charge is 0.258 e. The SMILES string of the molecule is CC(C)c1ccc(OCC(=O)NC(C)c2ccc3c(c2)CCCC3)cc1. The van der Waals surface area contributed by atoms with E-state index in [0.29, 0.717) is 5.92 Å². The van der Waals surface area contributed by atoms with Gasteiger partial charge in [-0.25, -0.2) is 0 Å². The van der Waals surface area contributed by atoms with Crippen LogP contribution < -0.4 is 10.1 Å². The summed E-state index contributed by atoms with van der Waals surface area (Å²) >= 11 is 0. The van der Waals surface area contributed by atoms with E-state index in [1.165, 1.54) is 41.5 Å². The Labute approximate surface area is 156 Å². The highest BCUT2D eigenvalue weighted by Gasteiger charge is 2.14. The Balaban J connectivity index is 1.52. The van der Waals surface area contributed by atoms with Gasteiger partial charge in [-0.15, -0.1) is 0 Å². The fourth-order valence-corrected chi connectivity index (χ4v) is 3.49. The zero-order chi connectivity index (χ0) is 18.5. The number of hydrogen-bond acceptors (Lipinski definition) is 2. The van der Waals surface area contributed by atoms with Crippen LogP contribution in [0.2, 0.25) is 0 Å². The molecule has 26 heavy (non-hydrogen) atoms. The third-order valence-corrected chi connectivity index (χ3v) is 5.17. The Morgan fingerprint density at radius 1 is 0.962 bits per heavy atom. The first kappa shape index (κ1) is 18.5. The predicted molar refractivity (Wildman–Crippen MR) is 106 cm³/mol. The summed E-state index contributed by atoms with van der Waals surface area (Å²) in [7, 11) is 0. The Bertz CT molecular complexity index is 749. The van der Waals surface area contributed by atoms with Gasteiger partial charge in [0, 0.05) is 0 Å². The number of aryl methyl sites for hydroxylation is 2. The van der Waals surface area contributed by atoms with Gasteiger partial charge in [-0.3, -0.25) is 4.79 Å². The minimum Gasteiger partial charge on any atom is -0.484 e. The highest BCUT2D eigenvalue weighted by Crippen LogP contribution is 2.25. The van der Waals surface area contributed by atoms with Crippen molar-refractivity contribution in [3.05, 3.63) is 64.7 Å². The third kappa shape index (κ3) is 4.66. The molecule has 0 saturated heterocycles. The summed E-state index contributed by atoms with van der Waals surface area (Å²) in [6.45, 7) is 6.38. The van der Waals surface area contributed by atoms with Crippen LogP contribution in [-0.4, -0.2) is 12.5 Å². The molecule has 0 fully saturated rings. The lowest BCUT2D eigenvalue weighted by Crippen LogP contribution is -2.31. The number of benzene rings is 2. The molecule has 1 aliphatic carbocycles. The molecular formula is C23H29NO2. The largest absolute Gasteiger partial charge is 0.484 e. The van der Waals surface area contributed by atoms with Crippen molar-refractivity contribution < 1.29 is 9.53 Å². The molecule has 0 saturated carbocycles. The van der Waals surface area contributed by atoms with Crippen LogP contribution in [0.15, 0.2) is 42.5 Å². The Kier molecular flexibility index (Phi) is 5.97. The Morgan fingerprint density at radius 2 is 1.62 bits per heavy atom. The number of hydrogen-bond donors (Lipinski definition) is 1. The van der Waals surface area contributed by atoms with E-state index in [1.54, 1.807) is 0 Å². The lowest BCUT2D eigenvalue weighted by atomic mass is 9.89. The van der Waals surface area contributed by atoms with E-state index in [1.807, 2.05) is 31.2 Å². The van der Waals surface area contributed by atoms with Gasteiger partial charge in [-0.1, -0.05) is 44.2 Å². The van der Waals surface area contributed by atoms with E-state index >= 15 is 0 Å². The minimum absolute atomic E-state index is 0.0124. The standard InChI is InChI=1S/C23H29NO2/c1-16(2)18-10-12-22(13-11-18)26-15-23(25)24-17(3)20-9-8-19-6-4-5-7-21(19)14-20/h8-14,16-17H,4-7,15H2,1-3H3,(H,24,25). The van der Waals surface area contributed by atoms with Crippen molar-refractivity contribution in [1.29, 1.82) is 0 Å². The van der Waals surface area contributed by atoms with Crippen LogP contribution in [0, 0.1) is 0 Å². The van der Waals surface area contributed by atoms with Gasteiger partial charge < -0.3 is 10.1 Å². The van der Waals surface area contributed by atoms with Crippen molar-refractivity contribution in [2.24, 2.45) is 0 Å². The molecular weight excluding hydrogens is 322 g/mol. The average molecular weight is 351 g/mol. The first-order valence-corrected chi connectivity index (χ1v) is 9.67. The first-order valence-electron chi connectivity index (χ1n) is 9.67. The summed E-state index contributed by atoms with van der Waals surface area (Å²) < 4.78 is 5.62. The van der Waals surface area contributed by atoms with Crippen LogP contribution in [0.1, 0.15) is 67.8 Å². The molecule has 0 aliphatic heterocycles. The summed E-state index contributed by atoms with van der Waals surface area (Å²) in [6, 6.07) is 14.6. The van der Waals surface area contributed by atoms with E-state index in [-0.39, 0.29) is 18.6 Å². The fourth-order valence-electron chi connectivity index (χ4n) is 3.49. The molecule has 0 heterocycles. The van der Waals surface area contributed by atoms with Gasteiger partial charge in [-0.05, 0) is 72.9 Å². The summed E-state index contributed by atoms with van der Waals surface area (Å²) in [4.78, 5) is 12.2. The molecule has 3 heteroatoms. The van der Waals surface area contributed by atoms with E-state index < -0.39 is 0 Å². The number of carbonyl (C=O) groups excluding carboxylic acids is 1. The van der Waals surface area contributed by atoms with E-state index in [4.69, 9.17) is 4.74 Å². The van der Waals surface area contributed by atoms with E-state index in [0.717, 1.165) is 12.2 Å². The molecule has 0 radical (unpaired) electrons. The van der Waals surface area contributed by atoms with Gasteiger partial charge >= 0.3 is 0 Å². The highest BCUT2D eigenvalue weighted by atomic mass is 16.5. The second-order valence-electron chi connectivity index (χ2n) is 7.54. The number of fused-ring (bicyclic) bond motifs is 1. The molecule has 3 nitrogen and oxygen atoms in total. The number of nitrogens with one attached hydrogen (secondary N) is 1. The predicted octanol–water partition coefficient (Wildman–Crippen LogP) is 4.95. The van der Waals surface area contributed by atoms with Crippen molar-refractivity contribution in [3.63, 3.8) is 0 Å². The Hall–Kier alpha value is -2.29. The lowest BCUT2D eigenvalue weighted by molar-refractivity contribution is -0.123. The average Bonchev–Trinajstić information content (AvgIpc) is 2.66. The van der Waals surface area contributed by atoms with Gasteiger partial charge in [0.15, 0.2) is 6.61 Å². The van der Waals surface area contributed by atoms with E-state index in [9.17, 15) is 4.79 Å². The van der Waals surface area contributed by atoms with Crippen molar-refractivity contribution in [3.8, 4) is 5.75 Å². The van der Waals surface area contributed by atoms with Crippen molar-refractivity contribution in [2.75, 3.05) is 6.61 Å². The van der Waals surface area contributed by atoms with Crippen LogP contribution in [0.25, 0.3) is 0 Å². The number of amides is 1. The molecule has 1 atom stereocenters. The summed E-state index contributed by atoms with van der Waals surface area (Å²) in [5, 5.41) is 3.04. The van der Waals surface area contributed by atoms with Crippen LogP contribution in [0.5, 0.6) is 5.75 Å². The fraction of sp³-hybridized carbons (Fsp3) is 0.435. The summed E-state index contributed by atoms with van der Waals surface area (Å²) in [5.74, 6) is 1.12. The third-order valence-electron chi connectivity index (χ3n) is 5.17. The summed E-state index contributed by atoms with van der Waals surface area (Å²) in [5.41, 5.74) is 5.34. The second kappa shape index (κ2) is 8.39. The number of rotatable bonds is 6. The molecule has 2 aromatic rings. The van der Waals surface area contributed by atoms with Crippen LogP contribution in [0.4, 0.5) is 0 Å². The minimum atomic E-state index is -0.0943. The van der Waals surface area contributed by atoms with E-state index in [2.05, 4.69) is 37.4 Å². The molecule has 2 aromatic carbocycles. The van der Waals surface area contributed by atoms with Crippen molar-refractivity contribution in [2.45, 2.75) is 58.4 Å². The molecule has 1 amide bonds. The summed E-state index contributed by atoms with van der Waals surface area (Å²) in [6.07, 6.45) is 4.88. The van der Waals surface area contributed by atoms with Crippen molar-refractivity contribution >= 4 is 5.91 Å². The molecule has 0 bridgehead atoms. The maximum atomic E-state index is 12.2. The molecule has 1 N–H and O–H groups in total. The normalized spacial score (nSPS) is 14.6. The maximum Gasteiger partial charge on any atom is 0.258 e. The maximum absolute atomic E-state index is 12.2. The van der Waals surface area contributed by atoms with Crippen LogP contribution in [0.3, 0.4) is 0 Å². The first-order chi connectivity index (χ1) is 12.5. The molecule has 0 spiro atoms. The lowest BCUT2D eigenvalue weighted by Gasteiger charge is -2.20. The van der Waals surface area contributed by atoms with Crippen LogP contribution in [-0.2, 0) is 17.6 Å². The topological polar surface area (TPSA) is 38.3 Å². The monoisotopic (exact) mass is 351 g/mol. The zero-order valence-electron chi connectivity index (χ0n) is 16.0. The quantitative estimate of drug-likeness (QED) is 0.800. The van der Waals surface area contributed by atoms with Crippen molar-refractivity contribution in [1.82, 2.24) is 5.32 Å². The molecule has 138 valence electrons. The van der Waals surface area contributed by atoms with Gasteiger partial charge in [-0.2, -0.15) is 0 Å². The molecule has 1 unspecified atom stereocenters. The van der Waals surface area contributed by atoms with Gasteiger partial charge in [0.1, 0.15) is 5.75 Å². The second-order valence-corrected chi connectivity index (χ2v) is 7.54. The van der Waals surface area contributed by atoms with Gasteiger partial charge in [0.25, 0.3) is 5.91 Å².